The van der Waals surface area contributed by atoms with Crippen LogP contribution in [0, 0.1) is 0 Å². The highest BCUT2D eigenvalue weighted by Gasteiger charge is 2.02. The van der Waals surface area contributed by atoms with E-state index in [9.17, 15) is 4.79 Å². The Labute approximate surface area is 183 Å². The zero-order valence-corrected chi connectivity index (χ0v) is 18.2. The summed E-state index contributed by atoms with van der Waals surface area (Å²) in [4.78, 5) is 16.3. The molecule has 0 aliphatic heterocycles. The van der Waals surface area contributed by atoms with Gasteiger partial charge in [-0.1, -0.05) is 49.7 Å². The largest absolute Gasteiger partial charge is 0.384 e. The number of benzene rings is 2. The van der Waals surface area contributed by atoms with E-state index in [2.05, 4.69) is 41.6 Å². The standard InChI is InChI=1S/C25H28ClN3O/c1-18(2)20-8-5-19(6-9-20)7-12-25(30)29-15-4-3-14-27-23-13-16-28-24-17-21(26)10-11-22(23)24/h5-13,16-18H,3-4,14-15H2,1-2H3,(H,27,28)(H,29,30)/b12-7+. The van der Waals surface area contributed by atoms with Crippen LogP contribution in [0.15, 0.2) is 60.8 Å². The minimum atomic E-state index is -0.0621. The molecule has 5 heteroatoms. The van der Waals surface area contributed by atoms with Crippen LogP contribution in [0.5, 0.6) is 0 Å². The second kappa shape index (κ2) is 10.8. The Bertz CT molecular complexity index is 1010. The molecule has 0 aliphatic carbocycles. The van der Waals surface area contributed by atoms with Gasteiger partial charge in [-0.2, -0.15) is 0 Å². The fourth-order valence-electron chi connectivity index (χ4n) is 3.18. The second-order valence-electron chi connectivity index (χ2n) is 7.60. The first-order valence-electron chi connectivity index (χ1n) is 10.4. The van der Waals surface area contributed by atoms with Crippen molar-refractivity contribution in [1.82, 2.24) is 10.3 Å². The Morgan fingerprint density at radius 2 is 1.83 bits per heavy atom. The number of pyridine rings is 1. The molecule has 0 bridgehead atoms. The van der Waals surface area contributed by atoms with Gasteiger partial charge in [0.15, 0.2) is 0 Å². The Balaban J connectivity index is 1.37. The number of fused-ring (bicyclic) bond motifs is 1. The smallest absolute Gasteiger partial charge is 0.243 e. The van der Waals surface area contributed by atoms with Gasteiger partial charge in [0.25, 0.3) is 0 Å². The van der Waals surface area contributed by atoms with Crippen LogP contribution < -0.4 is 10.6 Å². The molecule has 1 heterocycles. The molecule has 1 aromatic heterocycles. The third-order valence-corrected chi connectivity index (χ3v) is 5.19. The van der Waals surface area contributed by atoms with E-state index in [0.29, 0.717) is 17.5 Å². The number of aromatic nitrogens is 1. The van der Waals surface area contributed by atoms with E-state index < -0.39 is 0 Å². The first-order valence-corrected chi connectivity index (χ1v) is 10.7. The van der Waals surface area contributed by atoms with Crippen LogP contribution in [0.4, 0.5) is 5.69 Å². The Morgan fingerprint density at radius 1 is 1.07 bits per heavy atom. The maximum atomic E-state index is 12.0. The summed E-state index contributed by atoms with van der Waals surface area (Å²) >= 11 is 6.03. The molecule has 0 aliphatic rings. The third-order valence-electron chi connectivity index (χ3n) is 4.95. The van der Waals surface area contributed by atoms with Crippen molar-refractivity contribution in [2.45, 2.75) is 32.6 Å². The minimum absolute atomic E-state index is 0.0621. The number of anilines is 1. The monoisotopic (exact) mass is 421 g/mol. The van der Waals surface area contributed by atoms with Crippen molar-refractivity contribution < 1.29 is 4.79 Å². The highest BCUT2D eigenvalue weighted by atomic mass is 35.5. The van der Waals surface area contributed by atoms with E-state index in [1.54, 1.807) is 12.3 Å². The minimum Gasteiger partial charge on any atom is -0.384 e. The number of hydrogen-bond acceptors (Lipinski definition) is 3. The molecular formula is C25H28ClN3O. The van der Waals surface area contributed by atoms with Crippen molar-refractivity contribution >= 4 is 40.2 Å². The van der Waals surface area contributed by atoms with Gasteiger partial charge in [0.1, 0.15) is 0 Å². The summed E-state index contributed by atoms with van der Waals surface area (Å²) in [6.45, 7) is 5.83. The molecule has 3 rings (SSSR count). The highest BCUT2D eigenvalue weighted by Crippen LogP contribution is 2.24. The van der Waals surface area contributed by atoms with E-state index in [0.717, 1.165) is 41.5 Å². The quantitative estimate of drug-likeness (QED) is 0.327. The van der Waals surface area contributed by atoms with Gasteiger partial charge in [0, 0.05) is 41.5 Å². The number of rotatable bonds is 9. The van der Waals surface area contributed by atoms with Crippen LogP contribution >= 0.6 is 11.6 Å². The molecule has 2 N–H and O–H groups in total. The third kappa shape index (κ3) is 6.33. The van der Waals surface area contributed by atoms with Gasteiger partial charge in [-0.3, -0.25) is 9.78 Å². The molecule has 3 aromatic rings. The number of amides is 1. The molecule has 0 atom stereocenters. The van der Waals surface area contributed by atoms with Gasteiger partial charge < -0.3 is 10.6 Å². The van der Waals surface area contributed by atoms with E-state index in [-0.39, 0.29) is 5.91 Å². The van der Waals surface area contributed by atoms with E-state index in [1.807, 2.05) is 42.5 Å². The summed E-state index contributed by atoms with van der Waals surface area (Å²) in [5.74, 6) is 0.449. The summed E-state index contributed by atoms with van der Waals surface area (Å²) in [5.41, 5.74) is 4.26. The topological polar surface area (TPSA) is 54.0 Å². The van der Waals surface area contributed by atoms with Crippen molar-refractivity contribution in [1.29, 1.82) is 0 Å². The SMILES string of the molecule is CC(C)c1ccc(/C=C/C(=O)NCCCCNc2ccnc3cc(Cl)ccc23)cc1. The lowest BCUT2D eigenvalue weighted by Gasteiger charge is -2.09. The zero-order chi connectivity index (χ0) is 21.3. The molecule has 0 unspecified atom stereocenters. The molecule has 30 heavy (non-hydrogen) atoms. The molecular weight excluding hydrogens is 394 g/mol. The van der Waals surface area contributed by atoms with Crippen LogP contribution in [-0.4, -0.2) is 24.0 Å². The number of unbranched alkanes of at least 4 members (excludes halogenated alkanes) is 1. The Hall–Kier alpha value is -2.85. The molecule has 4 nitrogen and oxygen atoms in total. The average molecular weight is 422 g/mol. The van der Waals surface area contributed by atoms with Crippen LogP contribution in [0.3, 0.4) is 0 Å². The molecule has 0 spiro atoms. The van der Waals surface area contributed by atoms with Crippen molar-refractivity contribution in [3.05, 3.63) is 77.0 Å². The predicted octanol–water partition coefficient (Wildman–Crippen LogP) is 6.03. The molecule has 0 radical (unpaired) electrons. The molecule has 0 fully saturated rings. The number of nitrogens with one attached hydrogen (secondary N) is 2. The van der Waals surface area contributed by atoms with Crippen LogP contribution in [-0.2, 0) is 4.79 Å². The van der Waals surface area contributed by atoms with Gasteiger partial charge in [-0.05, 0) is 60.2 Å². The van der Waals surface area contributed by atoms with Crippen LogP contribution in [0.25, 0.3) is 17.0 Å². The van der Waals surface area contributed by atoms with Crippen molar-refractivity contribution in [2.24, 2.45) is 0 Å². The normalized spacial score (nSPS) is 11.3. The van der Waals surface area contributed by atoms with Gasteiger partial charge in [-0.25, -0.2) is 0 Å². The Morgan fingerprint density at radius 3 is 2.60 bits per heavy atom. The number of nitrogens with zero attached hydrogens (tertiary/aromatic N) is 1. The predicted molar refractivity (Wildman–Crippen MR) is 127 cm³/mol. The van der Waals surface area contributed by atoms with Crippen LogP contribution in [0.2, 0.25) is 5.02 Å². The summed E-state index contributed by atoms with van der Waals surface area (Å²) in [5, 5.41) is 8.13. The van der Waals surface area contributed by atoms with Gasteiger partial charge in [0.05, 0.1) is 5.52 Å². The maximum absolute atomic E-state index is 12.0. The molecule has 2 aromatic carbocycles. The maximum Gasteiger partial charge on any atom is 0.243 e. The zero-order valence-electron chi connectivity index (χ0n) is 17.5. The molecule has 156 valence electrons. The number of carbonyl (C=O) groups excluding carboxylic acids is 1. The summed E-state index contributed by atoms with van der Waals surface area (Å²) in [6.07, 6.45) is 7.09. The Kier molecular flexibility index (Phi) is 7.86. The lowest BCUT2D eigenvalue weighted by molar-refractivity contribution is -0.116. The van der Waals surface area contributed by atoms with E-state index >= 15 is 0 Å². The summed E-state index contributed by atoms with van der Waals surface area (Å²) in [6, 6.07) is 16.0. The van der Waals surface area contributed by atoms with Gasteiger partial charge in [0.2, 0.25) is 5.91 Å². The van der Waals surface area contributed by atoms with E-state index in [4.69, 9.17) is 11.6 Å². The van der Waals surface area contributed by atoms with Crippen molar-refractivity contribution in [3.63, 3.8) is 0 Å². The fourth-order valence-corrected chi connectivity index (χ4v) is 3.35. The fraction of sp³-hybridized carbons (Fsp3) is 0.280. The highest BCUT2D eigenvalue weighted by molar-refractivity contribution is 6.31. The molecule has 0 saturated heterocycles. The van der Waals surface area contributed by atoms with Crippen molar-refractivity contribution in [2.75, 3.05) is 18.4 Å². The summed E-state index contributed by atoms with van der Waals surface area (Å²) < 4.78 is 0. The molecule has 1 amide bonds. The number of carbonyl (C=O) groups is 1. The summed E-state index contributed by atoms with van der Waals surface area (Å²) in [7, 11) is 0. The lowest BCUT2D eigenvalue weighted by Crippen LogP contribution is -2.22. The van der Waals surface area contributed by atoms with Gasteiger partial charge in [-0.15, -0.1) is 0 Å². The van der Waals surface area contributed by atoms with Crippen molar-refractivity contribution in [3.8, 4) is 0 Å². The number of hydrogen-bond donors (Lipinski definition) is 2. The number of halogens is 1. The molecule has 0 saturated carbocycles. The first-order chi connectivity index (χ1) is 14.5. The van der Waals surface area contributed by atoms with E-state index in [1.165, 1.54) is 5.56 Å². The first kappa shape index (κ1) is 21.8. The average Bonchev–Trinajstić information content (AvgIpc) is 2.74. The van der Waals surface area contributed by atoms with Crippen LogP contribution in [0.1, 0.15) is 43.7 Å². The van der Waals surface area contributed by atoms with Gasteiger partial charge >= 0.3 is 0 Å². The lowest BCUT2D eigenvalue weighted by atomic mass is 10.0. The second-order valence-corrected chi connectivity index (χ2v) is 8.04.